The number of carbonyl (C=O) groups excluding carboxylic acids is 2. The monoisotopic (exact) mass is 298 g/mol. The van der Waals surface area contributed by atoms with Crippen LogP contribution in [0.25, 0.3) is 0 Å². The third-order valence-corrected chi connectivity index (χ3v) is 2.95. The molecular weight excluding hydrogens is 288 g/mol. The minimum absolute atomic E-state index is 0.0221. The third-order valence-electron chi connectivity index (χ3n) is 2.45. The lowest BCUT2D eigenvalue weighted by Gasteiger charge is -2.08. The quantitative estimate of drug-likeness (QED) is 0.721. The molecule has 0 aromatic heterocycles. The molecule has 1 aromatic carbocycles. The molecule has 2 rings (SSSR count). The summed E-state index contributed by atoms with van der Waals surface area (Å²) in [5.41, 5.74) is 4.71. The van der Waals surface area contributed by atoms with Gasteiger partial charge in [0.15, 0.2) is 0 Å². The normalized spacial score (nSPS) is 14.2. The van der Waals surface area contributed by atoms with Crippen LogP contribution in [0.15, 0.2) is 22.7 Å². The summed E-state index contributed by atoms with van der Waals surface area (Å²) in [7, 11) is 0. The summed E-state index contributed by atoms with van der Waals surface area (Å²) < 4.78 is 0.675. The van der Waals surface area contributed by atoms with Gasteiger partial charge in [-0.1, -0.05) is 15.9 Å². The molecule has 90 valence electrons. The maximum absolute atomic E-state index is 11.6. The number of benzene rings is 1. The van der Waals surface area contributed by atoms with Crippen molar-refractivity contribution in [3.63, 3.8) is 0 Å². The van der Waals surface area contributed by atoms with Crippen molar-refractivity contribution < 1.29 is 14.7 Å². The first-order valence-corrected chi connectivity index (χ1v) is 5.96. The van der Waals surface area contributed by atoms with E-state index >= 15 is 0 Å². The van der Waals surface area contributed by atoms with E-state index < -0.39 is 5.91 Å². The average Bonchev–Trinajstić information content (AvgIpc) is 3.09. The highest BCUT2D eigenvalue weighted by Gasteiger charge is 2.29. The van der Waals surface area contributed by atoms with Crippen molar-refractivity contribution in [3.05, 3.63) is 28.2 Å². The predicted molar refractivity (Wildman–Crippen MR) is 64.1 cm³/mol. The third kappa shape index (κ3) is 2.97. The number of halogens is 1. The van der Waals surface area contributed by atoms with Gasteiger partial charge in [-0.2, -0.15) is 0 Å². The Morgan fingerprint density at radius 3 is 2.59 bits per heavy atom. The highest BCUT2D eigenvalue weighted by Crippen LogP contribution is 2.28. The summed E-state index contributed by atoms with van der Waals surface area (Å²) in [4.78, 5) is 22.9. The number of phenols is 1. The van der Waals surface area contributed by atoms with Crippen LogP contribution in [0.1, 0.15) is 23.2 Å². The van der Waals surface area contributed by atoms with Gasteiger partial charge in [0.25, 0.3) is 5.91 Å². The van der Waals surface area contributed by atoms with Crippen LogP contribution in [0.3, 0.4) is 0 Å². The number of hydrogen-bond donors (Lipinski definition) is 3. The fraction of sp³-hybridized carbons (Fsp3) is 0.273. The average molecular weight is 299 g/mol. The second-order valence-electron chi connectivity index (χ2n) is 3.88. The maximum Gasteiger partial charge on any atom is 0.273 e. The molecule has 0 radical (unpaired) electrons. The number of amides is 2. The van der Waals surface area contributed by atoms with E-state index in [2.05, 4.69) is 26.8 Å². The number of rotatable bonds is 2. The molecule has 1 fully saturated rings. The lowest BCUT2D eigenvalue weighted by Crippen LogP contribution is -2.42. The summed E-state index contributed by atoms with van der Waals surface area (Å²) >= 11 is 3.17. The first-order valence-electron chi connectivity index (χ1n) is 5.16. The molecule has 0 heterocycles. The van der Waals surface area contributed by atoms with E-state index in [0.717, 1.165) is 12.8 Å². The van der Waals surface area contributed by atoms with Gasteiger partial charge >= 0.3 is 0 Å². The van der Waals surface area contributed by atoms with Crippen LogP contribution < -0.4 is 10.9 Å². The molecule has 1 aliphatic carbocycles. The van der Waals surface area contributed by atoms with Gasteiger partial charge in [-0.25, -0.2) is 0 Å². The molecule has 0 bridgehead atoms. The van der Waals surface area contributed by atoms with Gasteiger partial charge in [0.2, 0.25) is 5.91 Å². The zero-order valence-corrected chi connectivity index (χ0v) is 10.5. The Kier molecular flexibility index (Phi) is 3.33. The zero-order chi connectivity index (χ0) is 12.4. The second kappa shape index (κ2) is 4.75. The molecule has 0 aliphatic heterocycles. The van der Waals surface area contributed by atoms with E-state index in [-0.39, 0.29) is 23.1 Å². The molecule has 0 atom stereocenters. The first-order chi connectivity index (χ1) is 8.08. The number of carbonyl (C=O) groups is 2. The smallest absolute Gasteiger partial charge is 0.273 e. The molecule has 0 saturated heterocycles. The molecule has 0 spiro atoms. The molecule has 5 nitrogen and oxygen atoms in total. The highest BCUT2D eigenvalue weighted by atomic mass is 79.9. The molecule has 17 heavy (non-hydrogen) atoms. The Hall–Kier alpha value is -1.56. The molecule has 3 N–H and O–H groups in total. The minimum atomic E-state index is -0.538. The van der Waals surface area contributed by atoms with Gasteiger partial charge in [0, 0.05) is 10.4 Å². The van der Waals surface area contributed by atoms with E-state index in [1.54, 1.807) is 6.07 Å². The molecule has 1 aliphatic rings. The molecule has 6 heteroatoms. The van der Waals surface area contributed by atoms with Crippen LogP contribution in [-0.4, -0.2) is 16.9 Å². The van der Waals surface area contributed by atoms with Crippen molar-refractivity contribution in [3.8, 4) is 5.75 Å². The lowest BCUT2D eigenvalue weighted by atomic mass is 10.2. The van der Waals surface area contributed by atoms with Crippen LogP contribution in [0.4, 0.5) is 0 Å². The first kappa shape index (κ1) is 11.9. The standard InChI is InChI=1S/C11H11BrN2O3/c12-7-3-4-8(9(15)5-7)11(17)14-13-10(16)6-1-2-6/h3-6,15H,1-2H2,(H,13,16)(H,14,17). The second-order valence-corrected chi connectivity index (χ2v) is 4.79. The number of phenolic OH excluding ortho intramolecular Hbond substituents is 1. The van der Waals surface area contributed by atoms with E-state index in [1.165, 1.54) is 12.1 Å². The lowest BCUT2D eigenvalue weighted by molar-refractivity contribution is -0.123. The van der Waals surface area contributed by atoms with Gasteiger partial charge in [0.05, 0.1) is 5.56 Å². The summed E-state index contributed by atoms with van der Waals surface area (Å²) in [5, 5.41) is 9.54. The fourth-order valence-corrected chi connectivity index (χ4v) is 1.68. The van der Waals surface area contributed by atoms with Crippen molar-refractivity contribution in [2.24, 2.45) is 5.92 Å². The van der Waals surface area contributed by atoms with Crippen LogP contribution in [0.2, 0.25) is 0 Å². The Balaban J connectivity index is 1.96. The van der Waals surface area contributed by atoms with Gasteiger partial charge < -0.3 is 5.11 Å². The Morgan fingerprint density at radius 2 is 2.00 bits per heavy atom. The fourth-order valence-electron chi connectivity index (χ4n) is 1.33. The molecule has 1 aromatic rings. The van der Waals surface area contributed by atoms with Gasteiger partial charge in [-0.05, 0) is 31.0 Å². The predicted octanol–water partition coefficient (Wildman–Crippen LogP) is 1.33. The van der Waals surface area contributed by atoms with Gasteiger partial charge in [0.1, 0.15) is 5.75 Å². The zero-order valence-electron chi connectivity index (χ0n) is 8.87. The number of aromatic hydroxyl groups is 1. The van der Waals surface area contributed by atoms with Crippen LogP contribution in [-0.2, 0) is 4.79 Å². The van der Waals surface area contributed by atoms with Crippen LogP contribution in [0.5, 0.6) is 5.75 Å². The van der Waals surface area contributed by atoms with E-state index in [9.17, 15) is 14.7 Å². The summed E-state index contributed by atoms with van der Waals surface area (Å²) in [6.45, 7) is 0. The minimum Gasteiger partial charge on any atom is -0.507 e. The molecule has 2 amide bonds. The Morgan fingerprint density at radius 1 is 1.29 bits per heavy atom. The molecule has 1 saturated carbocycles. The van der Waals surface area contributed by atoms with E-state index in [0.29, 0.717) is 4.47 Å². The van der Waals surface area contributed by atoms with E-state index in [1.807, 2.05) is 0 Å². The summed E-state index contributed by atoms with van der Waals surface area (Å²) in [6.07, 6.45) is 1.73. The van der Waals surface area contributed by atoms with Crippen molar-refractivity contribution in [2.75, 3.05) is 0 Å². The summed E-state index contributed by atoms with van der Waals surface area (Å²) in [6, 6.07) is 4.52. The largest absolute Gasteiger partial charge is 0.507 e. The van der Waals surface area contributed by atoms with Crippen LogP contribution >= 0.6 is 15.9 Å². The topological polar surface area (TPSA) is 78.4 Å². The van der Waals surface area contributed by atoms with Crippen molar-refractivity contribution in [1.29, 1.82) is 0 Å². The van der Waals surface area contributed by atoms with Crippen molar-refractivity contribution in [2.45, 2.75) is 12.8 Å². The van der Waals surface area contributed by atoms with Crippen molar-refractivity contribution in [1.82, 2.24) is 10.9 Å². The summed E-state index contributed by atoms with van der Waals surface area (Å²) in [5.74, 6) is -0.842. The van der Waals surface area contributed by atoms with Crippen LogP contribution in [0, 0.1) is 5.92 Å². The van der Waals surface area contributed by atoms with Gasteiger partial charge in [-0.15, -0.1) is 0 Å². The maximum atomic E-state index is 11.6. The number of nitrogens with one attached hydrogen (secondary N) is 2. The molecule has 0 unspecified atom stereocenters. The Bertz CT molecular complexity index is 472. The van der Waals surface area contributed by atoms with E-state index in [4.69, 9.17) is 0 Å². The SMILES string of the molecule is O=C(NNC(=O)C1CC1)c1ccc(Br)cc1O. The highest BCUT2D eigenvalue weighted by molar-refractivity contribution is 9.10. The van der Waals surface area contributed by atoms with Gasteiger partial charge in [-0.3, -0.25) is 20.4 Å². The van der Waals surface area contributed by atoms with Crippen molar-refractivity contribution >= 4 is 27.7 Å². The number of hydrazine groups is 1. The Labute approximate surface area is 106 Å². The number of hydrogen-bond acceptors (Lipinski definition) is 3. The molecular formula is C11H11BrN2O3.